The van der Waals surface area contributed by atoms with Crippen molar-refractivity contribution in [3.8, 4) is 0 Å². The quantitative estimate of drug-likeness (QED) is 0.781. The lowest BCUT2D eigenvalue weighted by atomic mass is 9.96. The van der Waals surface area contributed by atoms with E-state index < -0.39 is 17.9 Å². The van der Waals surface area contributed by atoms with Gasteiger partial charge in [-0.15, -0.1) is 11.3 Å². The van der Waals surface area contributed by atoms with Gasteiger partial charge in [-0.3, -0.25) is 19.3 Å². The van der Waals surface area contributed by atoms with E-state index in [4.69, 9.17) is 0 Å². The zero-order valence-corrected chi connectivity index (χ0v) is 16.8. The monoisotopic (exact) mass is 397 g/mol. The van der Waals surface area contributed by atoms with E-state index in [9.17, 15) is 14.4 Å². The van der Waals surface area contributed by atoms with Crippen molar-refractivity contribution in [1.29, 1.82) is 0 Å². The highest BCUT2D eigenvalue weighted by Crippen LogP contribution is 2.32. The van der Waals surface area contributed by atoms with Gasteiger partial charge >= 0.3 is 0 Å². The molecule has 1 aliphatic heterocycles. The standard InChI is InChI=1S/C21H23N3O3S/c1-3-12(2)17(24-19(26)13-8-4-5-9-14(13)20(24)27)18(25)23-21-22-15-10-6-7-11-16(15)28-21/h4-5,8-9,12,17H,3,6-7,10-11H2,1-2H3,(H,22,23,25). The Morgan fingerprint density at radius 2 is 1.82 bits per heavy atom. The summed E-state index contributed by atoms with van der Waals surface area (Å²) in [4.78, 5) is 45.9. The first kappa shape index (κ1) is 18.8. The second kappa shape index (κ2) is 7.47. The van der Waals surface area contributed by atoms with Crippen molar-refractivity contribution in [3.05, 3.63) is 46.0 Å². The first-order valence-corrected chi connectivity index (χ1v) is 10.6. The normalized spacial score (nSPS) is 17.9. The third-order valence-electron chi connectivity index (χ3n) is 5.63. The van der Waals surface area contributed by atoms with Crippen LogP contribution in [0.2, 0.25) is 0 Å². The summed E-state index contributed by atoms with van der Waals surface area (Å²) in [6, 6.07) is 5.86. The molecule has 1 N–H and O–H groups in total. The van der Waals surface area contributed by atoms with Crippen LogP contribution in [0.3, 0.4) is 0 Å². The predicted molar refractivity (Wildman–Crippen MR) is 108 cm³/mol. The van der Waals surface area contributed by atoms with Crippen molar-refractivity contribution >= 4 is 34.2 Å². The van der Waals surface area contributed by atoms with E-state index in [1.165, 1.54) is 16.2 Å². The summed E-state index contributed by atoms with van der Waals surface area (Å²) in [6.07, 6.45) is 4.87. The number of carbonyl (C=O) groups is 3. The minimum Gasteiger partial charge on any atom is -0.300 e. The van der Waals surface area contributed by atoms with Gasteiger partial charge in [0.1, 0.15) is 6.04 Å². The van der Waals surface area contributed by atoms with Crippen LogP contribution in [-0.4, -0.2) is 33.6 Å². The fourth-order valence-corrected chi connectivity index (χ4v) is 4.95. The Morgan fingerprint density at radius 3 is 2.43 bits per heavy atom. The van der Waals surface area contributed by atoms with Gasteiger partial charge in [0.2, 0.25) is 5.91 Å². The van der Waals surface area contributed by atoms with Gasteiger partial charge in [0, 0.05) is 4.88 Å². The number of fused-ring (bicyclic) bond motifs is 2. The Kier molecular flexibility index (Phi) is 5.02. The molecule has 0 saturated carbocycles. The van der Waals surface area contributed by atoms with Crippen LogP contribution in [0.15, 0.2) is 24.3 Å². The molecule has 146 valence electrons. The molecule has 1 aromatic carbocycles. The molecule has 7 heteroatoms. The summed E-state index contributed by atoms with van der Waals surface area (Å²) in [5, 5.41) is 3.44. The van der Waals surface area contributed by atoms with E-state index in [-0.39, 0.29) is 11.8 Å². The van der Waals surface area contributed by atoms with Crippen LogP contribution in [0.4, 0.5) is 5.13 Å². The Hall–Kier alpha value is -2.54. The lowest BCUT2D eigenvalue weighted by molar-refractivity contribution is -0.121. The highest BCUT2D eigenvalue weighted by Gasteiger charge is 2.44. The molecule has 4 rings (SSSR count). The largest absolute Gasteiger partial charge is 0.300 e. The molecule has 0 bridgehead atoms. The van der Waals surface area contributed by atoms with Crippen molar-refractivity contribution in [2.45, 2.75) is 52.0 Å². The van der Waals surface area contributed by atoms with Crippen LogP contribution in [0.5, 0.6) is 0 Å². The van der Waals surface area contributed by atoms with Gasteiger partial charge < -0.3 is 5.32 Å². The van der Waals surface area contributed by atoms with Crippen molar-refractivity contribution in [2.24, 2.45) is 5.92 Å². The van der Waals surface area contributed by atoms with Gasteiger partial charge in [-0.2, -0.15) is 0 Å². The first-order chi connectivity index (χ1) is 13.5. The minimum absolute atomic E-state index is 0.170. The Morgan fingerprint density at radius 1 is 1.18 bits per heavy atom. The Bertz CT molecular complexity index is 894. The number of imide groups is 1. The molecule has 0 fully saturated rings. The third kappa shape index (κ3) is 3.13. The molecular formula is C21H23N3O3S. The Balaban J connectivity index is 1.62. The summed E-state index contributed by atoms with van der Waals surface area (Å²) in [5.74, 6) is -1.33. The van der Waals surface area contributed by atoms with E-state index in [1.54, 1.807) is 24.3 Å². The number of nitrogens with one attached hydrogen (secondary N) is 1. The number of anilines is 1. The second-order valence-electron chi connectivity index (χ2n) is 7.44. The average molecular weight is 398 g/mol. The molecule has 0 spiro atoms. The third-order valence-corrected chi connectivity index (χ3v) is 6.70. The number of carbonyl (C=O) groups excluding carboxylic acids is 3. The van der Waals surface area contributed by atoms with Gasteiger partial charge in [0.15, 0.2) is 5.13 Å². The van der Waals surface area contributed by atoms with Gasteiger partial charge in [0.05, 0.1) is 16.8 Å². The molecule has 2 aromatic rings. The molecule has 2 atom stereocenters. The lowest BCUT2D eigenvalue weighted by Gasteiger charge is -2.29. The summed E-state index contributed by atoms with van der Waals surface area (Å²) in [5.41, 5.74) is 1.78. The van der Waals surface area contributed by atoms with E-state index in [1.807, 2.05) is 13.8 Å². The fraction of sp³-hybridized carbons (Fsp3) is 0.429. The Labute approximate surface area is 168 Å². The smallest absolute Gasteiger partial charge is 0.262 e. The van der Waals surface area contributed by atoms with Gasteiger partial charge in [-0.1, -0.05) is 32.4 Å². The molecule has 28 heavy (non-hydrogen) atoms. The molecule has 1 aliphatic carbocycles. The number of amides is 3. The zero-order valence-electron chi connectivity index (χ0n) is 16.0. The van der Waals surface area contributed by atoms with Crippen molar-refractivity contribution < 1.29 is 14.4 Å². The summed E-state index contributed by atoms with van der Waals surface area (Å²) < 4.78 is 0. The fourth-order valence-electron chi connectivity index (χ4n) is 3.90. The molecular weight excluding hydrogens is 374 g/mol. The highest BCUT2D eigenvalue weighted by molar-refractivity contribution is 7.15. The zero-order chi connectivity index (χ0) is 19.8. The summed E-state index contributed by atoms with van der Waals surface area (Å²) >= 11 is 1.50. The maximum atomic E-state index is 13.2. The topological polar surface area (TPSA) is 79.4 Å². The molecule has 2 heterocycles. The number of aromatic nitrogens is 1. The van der Waals surface area contributed by atoms with Gasteiger partial charge in [-0.05, 0) is 43.7 Å². The summed E-state index contributed by atoms with van der Waals surface area (Å²) in [7, 11) is 0. The first-order valence-electron chi connectivity index (χ1n) is 9.77. The van der Waals surface area contributed by atoms with Crippen LogP contribution in [0.25, 0.3) is 0 Å². The maximum absolute atomic E-state index is 13.2. The summed E-state index contributed by atoms with van der Waals surface area (Å²) in [6.45, 7) is 3.84. The highest BCUT2D eigenvalue weighted by atomic mass is 32.1. The maximum Gasteiger partial charge on any atom is 0.262 e. The van der Waals surface area contributed by atoms with Crippen molar-refractivity contribution in [1.82, 2.24) is 9.88 Å². The molecule has 1 aromatic heterocycles. The second-order valence-corrected chi connectivity index (χ2v) is 8.53. The van der Waals surface area contributed by atoms with E-state index >= 15 is 0 Å². The SMILES string of the molecule is CCC(C)C(C(=O)Nc1nc2c(s1)CCCC2)N1C(=O)c2ccccc2C1=O. The number of rotatable bonds is 5. The van der Waals surface area contributed by atoms with E-state index in [2.05, 4.69) is 10.3 Å². The number of hydrogen-bond donors (Lipinski definition) is 1. The number of aryl methyl sites for hydroxylation is 2. The van der Waals surface area contributed by atoms with Crippen LogP contribution in [0.1, 0.15) is 64.4 Å². The number of nitrogens with zero attached hydrogens (tertiary/aromatic N) is 2. The average Bonchev–Trinajstić information content (AvgIpc) is 3.22. The van der Waals surface area contributed by atoms with Crippen LogP contribution >= 0.6 is 11.3 Å². The van der Waals surface area contributed by atoms with Crippen molar-refractivity contribution in [3.63, 3.8) is 0 Å². The molecule has 2 unspecified atom stereocenters. The molecule has 0 radical (unpaired) electrons. The number of thiazole rings is 1. The lowest BCUT2D eigenvalue weighted by Crippen LogP contribution is -2.50. The predicted octanol–water partition coefficient (Wildman–Crippen LogP) is 3.67. The van der Waals surface area contributed by atoms with Gasteiger partial charge in [0.25, 0.3) is 11.8 Å². The molecule has 0 saturated heterocycles. The van der Waals surface area contributed by atoms with E-state index in [0.29, 0.717) is 22.7 Å². The van der Waals surface area contributed by atoms with Gasteiger partial charge in [-0.25, -0.2) is 4.98 Å². The molecule has 3 amide bonds. The van der Waals surface area contributed by atoms with Crippen LogP contribution in [-0.2, 0) is 17.6 Å². The van der Waals surface area contributed by atoms with Crippen LogP contribution in [0, 0.1) is 5.92 Å². The minimum atomic E-state index is -0.863. The van der Waals surface area contributed by atoms with Crippen molar-refractivity contribution in [2.75, 3.05) is 5.32 Å². The van der Waals surface area contributed by atoms with Crippen LogP contribution < -0.4 is 5.32 Å². The van der Waals surface area contributed by atoms with E-state index in [0.717, 1.165) is 36.3 Å². The molecule has 2 aliphatic rings. The number of hydrogen-bond acceptors (Lipinski definition) is 5. The molecule has 6 nitrogen and oxygen atoms in total. The number of benzene rings is 1.